The molecule has 1 N–H and O–H groups in total. The van der Waals surface area contributed by atoms with Crippen molar-refractivity contribution in [1.82, 2.24) is 9.21 Å². The summed E-state index contributed by atoms with van der Waals surface area (Å²) in [6.45, 7) is 0.779. The van der Waals surface area contributed by atoms with Crippen LogP contribution in [0.5, 0.6) is 0 Å². The van der Waals surface area contributed by atoms with E-state index in [1.165, 1.54) is 28.4 Å². The number of aromatic carboxylic acids is 1. The highest BCUT2D eigenvalue weighted by Gasteiger charge is 2.31. The van der Waals surface area contributed by atoms with Crippen molar-refractivity contribution in [3.63, 3.8) is 0 Å². The van der Waals surface area contributed by atoms with Gasteiger partial charge in [-0.3, -0.25) is 0 Å². The summed E-state index contributed by atoms with van der Waals surface area (Å²) in [6.07, 6.45) is -0.490. The van der Waals surface area contributed by atoms with Gasteiger partial charge in [-0.15, -0.1) is 11.3 Å². The Kier molecular flexibility index (Phi) is 4.49. The number of thiophene rings is 1. The molecule has 1 aromatic rings. The average Bonchev–Trinajstić information content (AvgIpc) is 2.97. The first-order chi connectivity index (χ1) is 9.86. The van der Waals surface area contributed by atoms with Gasteiger partial charge in [0.2, 0.25) is 0 Å². The molecule has 21 heavy (non-hydrogen) atoms. The Bertz CT molecular complexity index is 645. The monoisotopic (exact) mass is 334 g/mol. The lowest BCUT2D eigenvalue weighted by Gasteiger charge is -2.32. The van der Waals surface area contributed by atoms with Crippen LogP contribution in [0, 0.1) is 0 Å². The van der Waals surface area contributed by atoms with E-state index in [-0.39, 0.29) is 35.3 Å². The van der Waals surface area contributed by atoms with E-state index in [4.69, 9.17) is 5.11 Å². The number of amides is 1. The fourth-order valence-corrected chi connectivity index (χ4v) is 4.66. The Morgan fingerprint density at radius 2 is 1.86 bits per heavy atom. The predicted octanol–water partition coefficient (Wildman–Crippen LogP) is 0.519. The molecular formula is C11H14N2O6S2. The summed E-state index contributed by atoms with van der Waals surface area (Å²) in [4.78, 5) is 23.6. The molecule has 0 radical (unpaired) electrons. The molecule has 2 heterocycles. The van der Waals surface area contributed by atoms with Crippen LogP contribution in [0.25, 0.3) is 0 Å². The van der Waals surface area contributed by atoms with Crippen molar-refractivity contribution in [3.8, 4) is 0 Å². The third-order valence-electron chi connectivity index (χ3n) is 3.06. The van der Waals surface area contributed by atoms with Crippen molar-refractivity contribution in [2.24, 2.45) is 0 Å². The number of methoxy groups -OCH3 is 1. The van der Waals surface area contributed by atoms with Gasteiger partial charge in [-0.2, -0.15) is 4.31 Å². The first kappa shape index (κ1) is 15.7. The number of carboxylic acids is 1. The lowest BCUT2D eigenvalue weighted by atomic mass is 10.4. The molecule has 8 nitrogen and oxygen atoms in total. The fraction of sp³-hybridized carbons (Fsp3) is 0.455. The number of hydrogen-bond acceptors (Lipinski definition) is 6. The van der Waals surface area contributed by atoms with Crippen molar-refractivity contribution in [1.29, 1.82) is 0 Å². The van der Waals surface area contributed by atoms with Gasteiger partial charge in [0.1, 0.15) is 9.09 Å². The molecule has 1 aliphatic heterocycles. The summed E-state index contributed by atoms with van der Waals surface area (Å²) < 4.78 is 30.6. The van der Waals surface area contributed by atoms with Crippen molar-refractivity contribution in [2.75, 3.05) is 33.3 Å². The summed E-state index contributed by atoms with van der Waals surface area (Å²) in [5.74, 6) is -1.16. The SMILES string of the molecule is COC(=O)N1CCN(S(=O)(=O)c2ccc(C(=O)O)s2)CC1. The van der Waals surface area contributed by atoms with Crippen LogP contribution in [-0.2, 0) is 14.8 Å². The lowest BCUT2D eigenvalue weighted by molar-refractivity contribution is 0.0702. The maximum absolute atomic E-state index is 12.4. The summed E-state index contributed by atoms with van der Waals surface area (Å²) in [5.41, 5.74) is 0. The van der Waals surface area contributed by atoms with Crippen LogP contribution in [0.2, 0.25) is 0 Å². The summed E-state index contributed by atoms with van der Waals surface area (Å²) >= 11 is 0.719. The molecular weight excluding hydrogens is 320 g/mol. The second-order valence-electron chi connectivity index (χ2n) is 4.28. The molecule has 10 heteroatoms. The number of piperazine rings is 1. The van der Waals surface area contributed by atoms with Gasteiger partial charge in [0, 0.05) is 26.2 Å². The highest BCUT2D eigenvalue weighted by atomic mass is 32.2. The number of carboxylic acid groups (broad SMARTS) is 1. The van der Waals surface area contributed by atoms with Crippen molar-refractivity contribution in [3.05, 3.63) is 17.0 Å². The van der Waals surface area contributed by atoms with Gasteiger partial charge in [-0.1, -0.05) is 0 Å². The molecule has 0 aromatic carbocycles. The summed E-state index contributed by atoms with van der Waals surface area (Å²) in [6, 6.07) is 2.56. The van der Waals surface area contributed by atoms with Crippen LogP contribution in [0.15, 0.2) is 16.3 Å². The zero-order valence-corrected chi connectivity index (χ0v) is 12.8. The van der Waals surface area contributed by atoms with Gasteiger partial charge in [-0.25, -0.2) is 18.0 Å². The van der Waals surface area contributed by atoms with E-state index >= 15 is 0 Å². The molecule has 1 amide bonds. The molecule has 1 fully saturated rings. The van der Waals surface area contributed by atoms with Crippen LogP contribution in [0.3, 0.4) is 0 Å². The lowest BCUT2D eigenvalue weighted by Crippen LogP contribution is -2.50. The fourth-order valence-electron chi connectivity index (χ4n) is 1.94. The summed E-state index contributed by atoms with van der Waals surface area (Å²) in [7, 11) is -2.45. The summed E-state index contributed by atoms with van der Waals surface area (Å²) in [5, 5.41) is 8.84. The van der Waals surface area contributed by atoms with Crippen LogP contribution >= 0.6 is 11.3 Å². The van der Waals surface area contributed by atoms with E-state index in [9.17, 15) is 18.0 Å². The molecule has 0 aliphatic carbocycles. The zero-order valence-electron chi connectivity index (χ0n) is 11.2. The number of carbonyl (C=O) groups excluding carboxylic acids is 1. The second kappa shape index (κ2) is 6.00. The van der Waals surface area contributed by atoms with Gasteiger partial charge >= 0.3 is 12.1 Å². The topological polar surface area (TPSA) is 104 Å². The van der Waals surface area contributed by atoms with Gasteiger partial charge in [0.25, 0.3) is 10.0 Å². The molecule has 0 atom stereocenters. The minimum Gasteiger partial charge on any atom is -0.477 e. The van der Waals surface area contributed by atoms with Crippen LogP contribution in [0.1, 0.15) is 9.67 Å². The van der Waals surface area contributed by atoms with Gasteiger partial charge in [0.15, 0.2) is 0 Å². The number of carbonyl (C=O) groups is 2. The minimum atomic E-state index is -3.72. The van der Waals surface area contributed by atoms with Gasteiger partial charge in [-0.05, 0) is 12.1 Å². The Morgan fingerprint density at radius 3 is 2.33 bits per heavy atom. The highest BCUT2D eigenvalue weighted by Crippen LogP contribution is 2.25. The minimum absolute atomic E-state index is 0.00795. The average molecular weight is 334 g/mol. The number of rotatable bonds is 3. The quantitative estimate of drug-likeness (QED) is 0.864. The van der Waals surface area contributed by atoms with Gasteiger partial charge < -0.3 is 14.7 Å². The van der Waals surface area contributed by atoms with Crippen LogP contribution in [0.4, 0.5) is 4.79 Å². The zero-order chi connectivity index (χ0) is 15.6. The smallest absolute Gasteiger partial charge is 0.409 e. The standard InChI is InChI=1S/C11H14N2O6S2/c1-19-11(16)12-4-6-13(7-5-12)21(17,18)9-3-2-8(20-9)10(14)15/h2-3H,4-7H2,1H3,(H,14,15). The molecule has 0 spiro atoms. The maximum atomic E-state index is 12.4. The first-order valence-corrected chi connectivity index (χ1v) is 8.28. The number of ether oxygens (including phenoxy) is 1. The van der Waals surface area contributed by atoms with E-state index in [1.54, 1.807) is 0 Å². The van der Waals surface area contributed by atoms with Crippen LogP contribution < -0.4 is 0 Å². The maximum Gasteiger partial charge on any atom is 0.409 e. The van der Waals surface area contributed by atoms with Crippen molar-refractivity contribution >= 4 is 33.4 Å². The highest BCUT2D eigenvalue weighted by molar-refractivity contribution is 7.91. The molecule has 0 bridgehead atoms. The molecule has 116 valence electrons. The molecule has 0 unspecified atom stereocenters. The third-order valence-corrected chi connectivity index (χ3v) is 6.50. The third kappa shape index (κ3) is 3.17. The predicted molar refractivity (Wildman–Crippen MR) is 74.0 cm³/mol. The Hall–Kier alpha value is -1.65. The van der Waals surface area contributed by atoms with E-state index in [0.29, 0.717) is 0 Å². The largest absolute Gasteiger partial charge is 0.477 e. The molecule has 2 rings (SSSR count). The molecule has 1 saturated heterocycles. The second-order valence-corrected chi connectivity index (χ2v) is 7.53. The Balaban J connectivity index is 2.11. The van der Waals surface area contributed by atoms with Gasteiger partial charge in [0.05, 0.1) is 7.11 Å². The first-order valence-electron chi connectivity index (χ1n) is 6.02. The van der Waals surface area contributed by atoms with E-state index < -0.39 is 22.1 Å². The number of hydrogen-bond donors (Lipinski definition) is 1. The number of nitrogens with zero attached hydrogens (tertiary/aromatic N) is 2. The molecule has 1 aromatic heterocycles. The van der Waals surface area contributed by atoms with E-state index in [2.05, 4.69) is 4.74 Å². The number of sulfonamides is 1. The van der Waals surface area contributed by atoms with Crippen LogP contribution in [-0.4, -0.2) is 68.1 Å². The molecule has 0 saturated carbocycles. The Labute approximate surface area is 125 Å². The van der Waals surface area contributed by atoms with Crippen molar-refractivity contribution < 1.29 is 27.9 Å². The normalized spacial score (nSPS) is 16.7. The van der Waals surface area contributed by atoms with Crippen molar-refractivity contribution in [2.45, 2.75) is 4.21 Å². The Morgan fingerprint density at radius 1 is 1.24 bits per heavy atom. The van der Waals surface area contributed by atoms with E-state index in [0.717, 1.165) is 11.3 Å². The molecule has 1 aliphatic rings. The van der Waals surface area contributed by atoms with E-state index in [1.807, 2.05) is 0 Å².